The molecule has 1 atom stereocenters. The second-order valence-electron chi connectivity index (χ2n) is 5.47. The smallest absolute Gasteiger partial charge is 0.110 e. The van der Waals surface area contributed by atoms with E-state index in [9.17, 15) is 0 Å². The summed E-state index contributed by atoms with van der Waals surface area (Å²) < 4.78 is 5.60. The van der Waals surface area contributed by atoms with Crippen molar-refractivity contribution in [2.24, 2.45) is 0 Å². The van der Waals surface area contributed by atoms with Gasteiger partial charge in [-0.15, -0.1) is 0 Å². The van der Waals surface area contributed by atoms with E-state index in [0.717, 1.165) is 19.0 Å². The van der Waals surface area contributed by atoms with Crippen molar-refractivity contribution in [3.8, 4) is 0 Å². The molecule has 0 aromatic carbocycles. The second-order valence-corrected chi connectivity index (χ2v) is 5.47. The van der Waals surface area contributed by atoms with Crippen LogP contribution in [0, 0.1) is 0 Å². The summed E-state index contributed by atoms with van der Waals surface area (Å²) in [5, 5.41) is 3.75. The molecule has 0 bridgehead atoms. The van der Waals surface area contributed by atoms with Crippen molar-refractivity contribution < 1.29 is 4.42 Å². The molecule has 16 heavy (non-hydrogen) atoms. The molecular formula is C13H18N2O. The lowest BCUT2D eigenvalue weighted by Crippen LogP contribution is -2.48. The van der Waals surface area contributed by atoms with Crippen molar-refractivity contribution in [3.05, 3.63) is 23.7 Å². The Morgan fingerprint density at radius 1 is 1.44 bits per heavy atom. The van der Waals surface area contributed by atoms with Crippen LogP contribution in [0.1, 0.15) is 30.6 Å². The van der Waals surface area contributed by atoms with E-state index in [1.807, 2.05) is 6.26 Å². The van der Waals surface area contributed by atoms with Crippen LogP contribution in [0.5, 0.6) is 0 Å². The van der Waals surface area contributed by atoms with Gasteiger partial charge < -0.3 is 9.73 Å². The fraction of sp³-hybridized carbons (Fsp3) is 0.692. The Balaban J connectivity index is 1.68. The maximum absolute atomic E-state index is 5.60. The Bertz CT molecular complexity index is 410. The zero-order chi connectivity index (χ0) is 10.6. The quantitative estimate of drug-likeness (QED) is 0.774. The van der Waals surface area contributed by atoms with E-state index in [4.69, 9.17) is 4.42 Å². The topological polar surface area (TPSA) is 28.4 Å². The third-order valence-corrected chi connectivity index (χ3v) is 4.44. The van der Waals surface area contributed by atoms with Gasteiger partial charge in [0.2, 0.25) is 0 Å². The molecule has 1 aromatic rings. The van der Waals surface area contributed by atoms with E-state index in [-0.39, 0.29) is 5.54 Å². The molecule has 0 amide bonds. The van der Waals surface area contributed by atoms with Crippen molar-refractivity contribution in [2.75, 3.05) is 19.6 Å². The lowest BCUT2D eigenvalue weighted by molar-refractivity contribution is 0.261. The zero-order valence-electron chi connectivity index (χ0n) is 9.54. The molecule has 3 aliphatic rings. The van der Waals surface area contributed by atoms with Gasteiger partial charge in [-0.05, 0) is 25.3 Å². The molecule has 1 N–H and O–H groups in total. The molecule has 3 heteroatoms. The first-order valence-corrected chi connectivity index (χ1v) is 6.43. The van der Waals surface area contributed by atoms with Crippen LogP contribution in [0.3, 0.4) is 0 Å². The average Bonchev–Trinajstić information content (AvgIpc) is 2.88. The van der Waals surface area contributed by atoms with Gasteiger partial charge in [-0.25, -0.2) is 0 Å². The molecule has 86 valence electrons. The van der Waals surface area contributed by atoms with Gasteiger partial charge >= 0.3 is 0 Å². The van der Waals surface area contributed by atoms with Crippen LogP contribution < -0.4 is 5.32 Å². The van der Waals surface area contributed by atoms with E-state index in [1.165, 1.54) is 43.7 Å². The third kappa shape index (κ3) is 1.22. The normalized spacial score (nSPS) is 34.5. The molecule has 1 unspecified atom stereocenters. The summed E-state index contributed by atoms with van der Waals surface area (Å²) in [6, 6.07) is 3.07. The summed E-state index contributed by atoms with van der Waals surface area (Å²) >= 11 is 0. The maximum Gasteiger partial charge on any atom is 0.110 e. The Hall–Kier alpha value is -0.800. The molecule has 1 aliphatic carbocycles. The Kier molecular flexibility index (Phi) is 1.80. The van der Waals surface area contributed by atoms with E-state index in [1.54, 1.807) is 0 Å². The van der Waals surface area contributed by atoms with Crippen LogP contribution in [0.25, 0.3) is 0 Å². The fourth-order valence-corrected chi connectivity index (χ4v) is 3.43. The van der Waals surface area contributed by atoms with Crippen LogP contribution in [-0.2, 0) is 12.0 Å². The first-order chi connectivity index (χ1) is 7.87. The summed E-state index contributed by atoms with van der Waals surface area (Å²) in [5.74, 6) is 1.22. The highest BCUT2D eigenvalue weighted by Gasteiger charge is 2.46. The van der Waals surface area contributed by atoms with E-state index in [2.05, 4.69) is 16.3 Å². The van der Waals surface area contributed by atoms with Crippen molar-refractivity contribution in [3.63, 3.8) is 0 Å². The molecule has 3 heterocycles. The lowest BCUT2D eigenvalue weighted by atomic mass is 9.85. The predicted octanol–water partition coefficient (Wildman–Crippen LogP) is 1.49. The SMILES string of the molecule is c1cc2c(o1)CCNC21CCN(C2CC2)C1. The number of likely N-dealkylation sites (tertiary alicyclic amines) is 1. The third-order valence-electron chi connectivity index (χ3n) is 4.44. The highest BCUT2D eigenvalue weighted by atomic mass is 16.3. The van der Waals surface area contributed by atoms with Gasteiger partial charge in [0.1, 0.15) is 5.76 Å². The molecule has 1 spiro atoms. The highest BCUT2D eigenvalue weighted by Crippen LogP contribution is 2.41. The summed E-state index contributed by atoms with van der Waals surface area (Å²) in [4.78, 5) is 2.66. The van der Waals surface area contributed by atoms with E-state index < -0.39 is 0 Å². The standard InChI is InChI=1S/C13H18N2O/c1-2-10(1)15-7-5-13(9-15)11-4-8-16-12(11)3-6-14-13/h4,8,10,14H,1-3,5-7,9H2. The van der Waals surface area contributed by atoms with Gasteiger partial charge in [0, 0.05) is 37.7 Å². The van der Waals surface area contributed by atoms with Gasteiger partial charge in [-0.3, -0.25) is 4.90 Å². The Labute approximate surface area is 95.8 Å². The number of nitrogens with zero attached hydrogens (tertiary/aromatic N) is 1. The van der Waals surface area contributed by atoms with E-state index >= 15 is 0 Å². The summed E-state index contributed by atoms with van der Waals surface area (Å²) in [7, 11) is 0. The van der Waals surface area contributed by atoms with Crippen LogP contribution in [-0.4, -0.2) is 30.6 Å². The Morgan fingerprint density at radius 3 is 3.25 bits per heavy atom. The minimum atomic E-state index is 0.211. The lowest BCUT2D eigenvalue weighted by Gasteiger charge is -2.34. The summed E-state index contributed by atoms with van der Waals surface area (Å²) in [5.41, 5.74) is 1.64. The fourth-order valence-electron chi connectivity index (χ4n) is 3.43. The first-order valence-electron chi connectivity index (χ1n) is 6.43. The second kappa shape index (κ2) is 3.11. The number of rotatable bonds is 1. The van der Waals surface area contributed by atoms with E-state index in [0.29, 0.717) is 0 Å². The number of nitrogens with one attached hydrogen (secondary N) is 1. The molecule has 4 rings (SSSR count). The molecule has 0 radical (unpaired) electrons. The van der Waals surface area contributed by atoms with Gasteiger partial charge in [0.25, 0.3) is 0 Å². The van der Waals surface area contributed by atoms with Gasteiger partial charge in [0.15, 0.2) is 0 Å². The van der Waals surface area contributed by atoms with Gasteiger partial charge in [-0.2, -0.15) is 0 Å². The highest BCUT2D eigenvalue weighted by molar-refractivity contribution is 5.32. The number of fused-ring (bicyclic) bond motifs is 2. The van der Waals surface area contributed by atoms with Gasteiger partial charge in [-0.1, -0.05) is 0 Å². The van der Waals surface area contributed by atoms with Crippen molar-refractivity contribution in [1.82, 2.24) is 10.2 Å². The molecule has 1 aromatic heterocycles. The monoisotopic (exact) mass is 218 g/mol. The largest absolute Gasteiger partial charge is 0.469 e. The molecule has 3 nitrogen and oxygen atoms in total. The minimum absolute atomic E-state index is 0.211. The summed E-state index contributed by atoms with van der Waals surface area (Å²) in [6.45, 7) is 3.51. The van der Waals surface area contributed by atoms with Gasteiger partial charge in [0.05, 0.1) is 11.8 Å². The number of hydrogen-bond acceptors (Lipinski definition) is 3. The van der Waals surface area contributed by atoms with Crippen LogP contribution in [0.4, 0.5) is 0 Å². The van der Waals surface area contributed by atoms with Crippen molar-refractivity contribution >= 4 is 0 Å². The summed E-state index contributed by atoms with van der Waals surface area (Å²) in [6.07, 6.45) is 6.98. The molecule has 1 saturated heterocycles. The molecule has 2 aliphatic heterocycles. The first kappa shape index (κ1) is 9.25. The average molecular weight is 218 g/mol. The predicted molar refractivity (Wildman–Crippen MR) is 61.3 cm³/mol. The molecular weight excluding hydrogens is 200 g/mol. The van der Waals surface area contributed by atoms with Crippen LogP contribution >= 0.6 is 0 Å². The zero-order valence-corrected chi connectivity index (χ0v) is 9.54. The van der Waals surface area contributed by atoms with Crippen molar-refractivity contribution in [1.29, 1.82) is 0 Å². The number of hydrogen-bond donors (Lipinski definition) is 1. The number of furan rings is 1. The van der Waals surface area contributed by atoms with Crippen LogP contribution in [0.15, 0.2) is 16.7 Å². The Morgan fingerprint density at radius 2 is 2.38 bits per heavy atom. The van der Waals surface area contributed by atoms with Crippen LogP contribution in [0.2, 0.25) is 0 Å². The minimum Gasteiger partial charge on any atom is -0.469 e. The molecule has 1 saturated carbocycles. The van der Waals surface area contributed by atoms with Crippen molar-refractivity contribution in [2.45, 2.75) is 37.3 Å². The molecule has 2 fully saturated rings. The maximum atomic E-state index is 5.60.